The fourth-order valence-electron chi connectivity index (χ4n) is 2.75. The fraction of sp³-hybridized carbons (Fsp3) is 0.688. The Bertz CT molecular complexity index is 521. The molecule has 22 heavy (non-hydrogen) atoms. The monoisotopic (exact) mass is 324 g/mol. The van der Waals surface area contributed by atoms with Crippen LogP contribution in [0.4, 0.5) is 0 Å². The van der Waals surface area contributed by atoms with Crippen LogP contribution in [0.15, 0.2) is 5.38 Å². The maximum absolute atomic E-state index is 12.6. The quantitative estimate of drug-likeness (QED) is 0.754. The van der Waals surface area contributed by atoms with Crippen molar-refractivity contribution in [2.45, 2.75) is 59.0 Å². The molecular formula is C16H24N2O3S. The van der Waals surface area contributed by atoms with Crippen LogP contribution in [0.2, 0.25) is 0 Å². The highest BCUT2D eigenvalue weighted by atomic mass is 32.1. The molecule has 1 saturated carbocycles. The number of hydrogen-bond donors (Lipinski definition) is 0. The molecule has 0 saturated heterocycles. The lowest BCUT2D eigenvalue weighted by Gasteiger charge is -2.28. The summed E-state index contributed by atoms with van der Waals surface area (Å²) in [5.41, 5.74) is 0.332. The van der Waals surface area contributed by atoms with Crippen molar-refractivity contribution in [1.29, 1.82) is 0 Å². The second kappa shape index (κ2) is 7.72. The van der Waals surface area contributed by atoms with Crippen LogP contribution in [-0.4, -0.2) is 34.4 Å². The van der Waals surface area contributed by atoms with Crippen molar-refractivity contribution in [1.82, 2.24) is 9.88 Å². The van der Waals surface area contributed by atoms with E-state index in [2.05, 4.69) is 4.98 Å². The second-order valence-electron chi connectivity index (χ2n) is 5.89. The van der Waals surface area contributed by atoms with Gasteiger partial charge < -0.3 is 9.64 Å². The van der Waals surface area contributed by atoms with E-state index in [1.54, 1.807) is 12.3 Å². The summed E-state index contributed by atoms with van der Waals surface area (Å²) in [6.07, 6.45) is 4.28. The topological polar surface area (TPSA) is 59.5 Å². The Balaban J connectivity index is 2.04. The Kier molecular flexibility index (Phi) is 5.94. The number of aromatic nitrogens is 1. The van der Waals surface area contributed by atoms with Gasteiger partial charge in [-0.3, -0.25) is 4.79 Å². The maximum Gasteiger partial charge on any atom is 0.357 e. The molecule has 0 spiro atoms. The number of carbonyl (C=O) groups is 2. The smallest absolute Gasteiger partial charge is 0.357 e. The Labute approximate surface area is 135 Å². The lowest BCUT2D eigenvalue weighted by Crippen LogP contribution is -2.39. The predicted octanol–water partition coefficient (Wildman–Crippen LogP) is 3.25. The first-order valence-electron chi connectivity index (χ1n) is 7.95. The Hall–Kier alpha value is -1.43. The van der Waals surface area contributed by atoms with Gasteiger partial charge in [0.25, 0.3) is 0 Å². The van der Waals surface area contributed by atoms with E-state index in [0.717, 1.165) is 30.7 Å². The molecule has 6 heteroatoms. The molecule has 1 fully saturated rings. The summed E-state index contributed by atoms with van der Waals surface area (Å²) in [4.78, 5) is 30.5. The average Bonchev–Trinajstić information content (AvgIpc) is 3.15. The van der Waals surface area contributed by atoms with E-state index in [9.17, 15) is 9.59 Å². The lowest BCUT2D eigenvalue weighted by atomic mass is 10.1. The molecule has 1 heterocycles. The van der Waals surface area contributed by atoms with E-state index >= 15 is 0 Å². The van der Waals surface area contributed by atoms with Crippen LogP contribution in [0.5, 0.6) is 0 Å². The highest BCUT2D eigenvalue weighted by Gasteiger charge is 2.29. The lowest BCUT2D eigenvalue weighted by molar-refractivity contribution is -0.137. The van der Waals surface area contributed by atoms with Crippen LogP contribution in [0.25, 0.3) is 0 Å². The average molecular weight is 324 g/mol. The van der Waals surface area contributed by atoms with Gasteiger partial charge in [0.15, 0.2) is 5.69 Å². The highest BCUT2D eigenvalue weighted by molar-refractivity contribution is 7.09. The number of carbonyl (C=O) groups excluding carboxylic acids is 2. The minimum absolute atomic E-state index is 0.128. The molecule has 0 unspecified atom stereocenters. The van der Waals surface area contributed by atoms with Gasteiger partial charge in [-0.15, -0.1) is 11.3 Å². The molecule has 1 aliphatic rings. The van der Waals surface area contributed by atoms with Gasteiger partial charge in [0.05, 0.1) is 13.2 Å². The number of ether oxygens (including phenoxy) is 1. The number of thiazole rings is 1. The van der Waals surface area contributed by atoms with Gasteiger partial charge >= 0.3 is 5.97 Å². The van der Waals surface area contributed by atoms with Crippen molar-refractivity contribution in [2.75, 3.05) is 6.61 Å². The zero-order valence-electron chi connectivity index (χ0n) is 13.5. The minimum Gasteiger partial charge on any atom is -0.461 e. The third kappa shape index (κ3) is 4.06. The van der Waals surface area contributed by atoms with Gasteiger partial charge in [0.1, 0.15) is 5.01 Å². The van der Waals surface area contributed by atoms with Crippen molar-refractivity contribution < 1.29 is 14.3 Å². The summed E-state index contributed by atoms with van der Waals surface area (Å²) in [5.74, 6) is -0.0181. The van der Waals surface area contributed by atoms with E-state index in [-0.39, 0.29) is 17.9 Å². The molecule has 0 bridgehead atoms. The first-order chi connectivity index (χ1) is 10.5. The molecule has 0 N–H and O–H groups in total. The fourth-order valence-corrected chi connectivity index (χ4v) is 3.51. The Morgan fingerprint density at radius 3 is 2.68 bits per heavy atom. The van der Waals surface area contributed by atoms with E-state index in [1.165, 1.54) is 11.3 Å². The number of amides is 1. The zero-order valence-corrected chi connectivity index (χ0v) is 14.3. The molecule has 0 aromatic carbocycles. The van der Waals surface area contributed by atoms with Gasteiger partial charge in [0, 0.05) is 17.3 Å². The van der Waals surface area contributed by atoms with E-state index in [0.29, 0.717) is 18.8 Å². The summed E-state index contributed by atoms with van der Waals surface area (Å²) in [6.45, 7) is 6.62. The summed E-state index contributed by atoms with van der Waals surface area (Å²) >= 11 is 1.40. The van der Waals surface area contributed by atoms with Crippen molar-refractivity contribution >= 4 is 23.2 Å². The van der Waals surface area contributed by atoms with E-state index < -0.39 is 5.97 Å². The first-order valence-corrected chi connectivity index (χ1v) is 8.82. The summed E-state index contributed by atoms with van der Waals surface area (Å²) in [5, 5.41) is 2.48. The Morgan fingerprint density at radius 2 is 2.09 bits per heavy atom. The van der Waals surface area contributed by atoms with Crippen LogP contribution in [0, 0.1) is 5.92 Å². The van der Waals surface area contributed by atoms with Gasteiger partial charge in [-0.05, 0) is 33.6 Å². The summed E-state index contributed by atoms with van der Waals surface area (Å²) < 4.78 is 4.95. The molecule has 122 valence electrons. The maximum atomic E-state index is 12.6. The third-order valence-corrected chi connectivity index (χ3v) is 4.79. The number of nitrogens with zero attached hydrogens (tertiary/aromatic N) is 2. The summed E-state index contributed by atoms with van der Waals surface area (Å²) in [7, 11) is 0. The molecule has 0 atom stereocenters. The number of hydrogen-bond acceptors (Lipinski definition) is 5. The Morgan fingerprint density at radius 1 is 1.41 bits per heavy atom. The normalized spacial score (nSPS) is 15.3. The molecule has 0 aliphatic heterocycles. The second-order valence-corrected chi connectivity index (χ2v) is 6.83. The van der Waals surface area contributed by atoms with Crippen molar-refractivity contribution in [3.05, 3.63) is 16.1 Å². The van der Waals surface area contributed by atoms with Gasteiger partial charge in [-0.2, -0.15) is 0 Å². The summed E-state index contributed by atoms with van der Waals surface area (Å²) in [6, 6.07) is 0.128. The molecule has 0 radical (unpaired) electrons. The van der Waals surface area contributed by atoms with Crippen LogP contribution < -0.4 is 0 Å². The molecule has 1 aromatic rings. The zero-order chi connectivity index (χ0) is 16.1. The van der Waals surface area contributed by atoms with Crippen molar-refractivity contribution in [3.8, 4) is 0 Å². The van der Waals surface area contributed by atoms with Gasteiger partial charge in [-0.25, -0.2) is 9.78 Å². The molecule has 2 rings (SSSR count). The first kappa shape index (κ1) is 16.9. The minimum atomic E-state index is -0.400. The van der Waals surface area contributed by atoms with Crippen molar-refractivity contribution in [3.63, 3.8) is 0 Å². The van der Waals surface area contributed by atoms with E-state index in [4.69, 9.17) is 4.74 Å². The largest absolute Gasteiger partial charge is 0.461 e. The van der Waals surface area contributed by atoms with Gasteiger partial charge in [0.2, 0.25) is 5.91 Å². The molecule has 1 aliphatic carbocycles. The van der Waals surface area contributed by atoms with Crippen LogP contribution in [0.3, 0.4) is 0 Å². The van der Waals surface area contributed by atoms with Crippen LogP contribution in [-0.2, 0) is 16.1 Å². The van der Waals surface area contributed by atoms with Crippen molar-refractivity contribution in [2.24, 2.45) is 5.92 Å². The van der Waals surface area contributed by atoms with Gasteiger partial charge in [-0.1, -0.05) is 12.8 Å². The van der Waals surface area contributed by atoms with Crippen LogP contribution >= 0.6 is 11.3 Å². The van der Waals surface area contributed by atoms with E-state index in [1.807, 2.05) is 18.7 Å². The molecule has 1 aromatic heterocycles. The highest BCUT2D eigenvalue weighted by Crippen LogP contribution is 2.28. The third-order valence-electron chi connectivity index (χ3n) is 3.95. The molecule has 1 amide bonds. The molecular weight excluding hydrogens is 300 g/mol. The number of rotatable bonds is 6. The molecule has 5 nitrogen and oxygen atoms in total. The predicted molar refractivity (Wildman–Crippen MR) is 85.7 cm³/mol. The standard InChI is InChI=1S/C16H24N2O3S/c1-4-21-16(20)13-10-22-14(17-13)9-18(11(2)3)15(19)12-7-5-6-8-12/h10-12H,4-9H2,1-3H3. The number of esters is 1. The SMILES string of the molecule is CCOC(=O)c1csc(CN(C(=O)C2CCCC2)C(C)C)n1. The van der Waals surface area contributed by atoms with Crippen LogP contribution in [0.1, 0.15) is 62.0 Å².